The van der Waals surface area contributed by atoms with Gasteiger partial charge in [0.2, 0.25) is 5.91 Å². The number of rotatable bonds is 6. The van der Waals surface area contributed by atoms with Gasteiger partial charge < -0.3 is 19.3 Å². The fourth-order valence-corrected chi connectivity index (χ4v) is 4.25. The maximum absolute atomic E-state index is 13.4. The van der Waals surface area contributed by atoms with Gasteiger partial charge in [0.05, 0.1) is 22.8 Å². The molecule has 1 aromatic carbocycles. The number of amides is 2. The second kappa shape index (κ2) is 8.74. The number of aryl methyl sites for hydroxylation is 1. The standard InChI is InChI=1S/C25H26N6O3/c1-15(19-9-12-34-29-19)30(2)25(33)18-13-20-22(21(14-18)28-24(32)17-5-4-6-17)31(3)23(27-20)16-7-10-26-11-8-16/h7-15,17H,4-6H2,1-3H3,(H,28,32). The first-order chi connectivity index (χ1) is 16.4. The highest BCUT2D eigenvalue weighted by atomic mass is 16.5. The number of imidazole rings is 1. The van der Waals surface area contributed by atoms with E-state index in [4.69, 9.17) is 9.51 Å². The van der Waals surface area contributed by atoms with E-state index >= 15 is 0 Å². The molecule has 0 saturated heterocycles. The van der Waals surface area contributed by atoms with Crippen LogP contribution in [0.5, 0.6) is 0 Å². The monoisotopic (exact) mass is 458 g/mol. The van der Waals surface area contributed by atoms with E-state index in [0.717, 1.165) is 36.2 Å². The minimum atomic E-state index is -0.286. The van der Waals surface area contributed by atoms with Crippen LogP contribution in [0.1, 0.15) is 48.3 Å². The molecule has 5 rings (SSSR count). The van der Waals surface area contributed by atoms with E-state index in [0.29, 0.717) is 22.5 Å². The molecule has 34 heavy (non-hydrogen) atoms. The Bertz CT molecular complexity index is 1340. The first-order valence-electron chi connectivity index (χ1n) is 11.3. The van der Waals surface area contributed by atoms with Crippen molar-refractivity contribution >= 4 is 28.5 Å². The van der Waals surface area contributed by atoms with E-state index in [1.807, 2.05) is 30.7 Å². The minimum absolute atomic E-state index is 0.0113. The molecule has 4 aromatic rings. The Morgan fingerprint density at radius 3 is 2.62 bits per heavy atom. The molecule has 0 aliphatic heterocycles. The van der Waals surface area contributed by atoms with E-state index in [-0.39, 0.29) is 23.8 Å². The molecule has 1 saturated carbocycles. The van der Waals surface area contributed by atoms with Gasteiger partial charge in [-0.1, -0.05) is 11.6 Å². The molecule has 3 heterocycles. The smallest absolute Gasteiger partial charge is 0.254 e. The molecule has 1 aliphatic carbocycles. The molecule has 174 valence electrons. The fraction of sp³-hybridized carbons (Fsp3) is 0.320. The summed E-state index contributed by atoms with van der Waals surface area (Å²) >= 11 is 0. The number of fused-ring (bicyclic) bond motifs is 1. The molecular weight excluding hydrogens is 432 g/mol. The highest BCUT2D eigenvalue weighted by Gasteiger charge is 2.28. The Morgan fingerprint density at radius 1 is 1.21 bits per heavy atom. The lowest BCUT2D eigenvalue weighted by molar-refractivity contribution is -0.122. The summed E-state index contributed by atoms with van der Waals surface area (Å²) in [5.74, 6) is 0.517. The number of pyridine rings is 1. The van der Waals surface area contributed by atoms with Gasteiger partial charge in [0.15, 0.2) is 0 Å². The van der Waals surface area contributed by atoms with Gasteiger partial charge in [-0.3, -0.25) is 14.6 Å². The van der Waals surface area contributed by atoms with Crippen molar-refractivity contribution in [1.29, 1.82) is 0 Å². The van der Waals surface area contributed by atoms with E-state index in [1.165, 1.54) is 6.26 Å². The molecule has 1 aliphatic rings. The van der Waals surface area contributed by atoms with Crippen molar-refractivity contribution in [3.63, 3.8) is 0 Å². The summed E-state index contributed by atoms with van der Waals surface area (Å²) in [5, 5.41) is 7.03. The van der Waals surface area contributed by atoms with Gasteiger partial charge in [-0.25, -0.2) is 4.98 Å². The maximum Gasteiger partial charge on any atom is 0.254 e. The minimum Gasteiger partial charge on any atom is -0.364 e. The lowest BCUT2D eigenvalue weighted by atomic mass is 9.85. The molecule has 0 bridgehead atoms. The average Bonchev–Trinajstić information content (AvgIpc) is 3.45. The van der Waals surface area contributed by atoms with Crippen LogP contribution < -0.4 is 5.32 Å². The number of carbonyl (C=O) groups excluding carboxylic acids is 2. The van der Waals surface area contributed by atoms with Crippen molar-refractivity contribution in [3.05, 3.63) is 60.2 Å². The summed E-state index contributed by atoms with van der Waals surface area (Å²) in [7, 11) is 3.63. The second-order valence-corrected chi connectivity index (χ2v) is 8.76. The molecule has 3 aromatic heterocycles. The molecule has 0 spiro atoms. The zero-order valence-corrected chi connectivity index (χ0v) is 19.4. The fourth-order valence-electron chi connectivity index (χ4n) is 4.25. The SMILES string of the molecule is CC(c1ccon1)N(C)C(=O)c1cc(NC(=O)C2CCC2)c2c(c1)nc(-c1ccncc1)n2C. The molecule has 9 nitrogen and oxygen atoms in total. The zero-order chi connectivity index (χ0) is 23.8. The van der Waals surface area contributed by atoms with Crippen LogP contribution in [0, 0.1) is 5.92 Å². The summed E-state index contributed by atoms with van der Waals surface area (Å²) in [4.78, 5) is 36.8. The summed E-state index contributed by atoms with van der Waals surface area (Å²) in [6.07, 6.45) is 7.75. The predicted molar refractivity (Wildman–Crippen MR) is 127 cm³/mol. The van der Waals surface area contributed by atoms with Crippen molar-refractivity contribution in [2.45, 2.75) is 32.2 Å². The topological polar surface area (TPSA) is 106 Å². The third kappa shape index (κ3) is 3.83. The molecule has 1 atom stereocenters. The van der Waals surface area contributed by atoms with Crippen molar-refractivity contribution in [1.82, 2.24) is 24.6 Å². The number of carbonyl (C=O) groups is 2. The summed E-state index contributed by atoms with van der Waals surface area (Å²) < 4.78 is 6.88. The van der Waals surface area contributed by atoms with Crippen LogP contribution in [0.4, 0.5) is 5.69 Å². The molecule has 1 unspecified atom stereocenters. The summed E-state index contributed by atoms with van der Waals surface area (Å²) in [6.45, 7) is 1.88. The van der Waals surface area contributed by atoms with E-state index < -0.39 is 0 Å². The molecule has 0 radical (unpaired) electrons. The molecule has 9 heteroatoms. The Hall–Kier alpha value is -4.01. The van der Waals surface area contributed by atoms with Crippen molar-refractivity contribution in [3.8, 4) is 11.4 Å². The molecule has 2 amide bonds. The lowest BCUT2D eigenvalue weighted by Crippen LogP contribution is -2.30. The highest BCUT2D eigenvalue weighted by molar-refractivity contribution is 6.06. The first-order valence-corrected chi connectivity index (χ1v) is 11.3. The summed E-state index contributed by atoms with van der Waals surface area (Å²) in [6, 6.07) is 8.73. The zero-order valence-electron chi connectivity index (χ0n) is 19.4. The number of hydrogen-bond donors (Lipinski definition) is 1. The maximum atomic E-state index is 13.4. The number of nitrogens with zero attached hydrogens (tertiary/aromatic N) is 5. The van der Waals surface area contributed by atoms with Crippen LogP contribution in [0.15, 0.2) is 53.5 Å². The quantitative estimate of drug-likeness (QED) is 0.464. The van der Waals surface area contributed by atoms with Crippen LogP contribution >= 0.6 is 0 Å². The number of hydrogen-bond acceptors (Lipinski definition) is 6. The number of anilines is 1. The van der Waals surface area contributed by atoms with Crippen LogP contribution in [-0.4, -0.2) is 43.5 Å². The normalized spacial score (nSPS) is 14.6. The third-order valence-corrected chi connectivity index (χ3v) is 6.68. The van der Waals surface area contributed by atoms with Crippen molar-refractivity contribution < 1.29 is 14.1 Å². The Kier molecular flexibility index (Phi) is 5.61. The molecule has 1 fully saturated rings. The lowest BCUT2D eigenvalue weighted by Gasteiger charge is -2.25. The predicted octanol–water partition coefficient (Wildman–Crippen LogP) is 4.20. The van der Waals surface area contributed by atoms with Crippen LogP contribution in [0.3, 0.4) is 0 Å². The van der Waals surface area contributed by atoms with E-state index in [9.17, 15) is 9.59 Å². The number of aromatic nitrogens is 4. The van der Waals surface area contributed by atoms with Gasteiger partial charge in [-0.05, 0) is 44.0 Å². The van der Waals surface area contributed by atoms with Crippen LogP contribution in [0.25, 0.3) is 22.4 Å². The number of nitrogens with one attached hydrogen (secondary N) is 1. The highest BCUT2D eigenvalue weighted by Crippen LogP contribution is 2.33. The Labute approximate surface area is 196 Å². The summed E-state index contributed by atoms with van der Waals surface area (Å²) in [5.41, 5.74) is 3.97. The van der Waals surface area contributed by atoms with Crippen molar-refractivity contribution in [2.24, 2.45) is 13.0 Å². The molecular formula is C25H26N6O3. The van der Waals surface area contributed by atoms with Crippen LogP contribution in [-0.2, 0) is 11.8 Å². The second-order valence-electron chi connectivity index (χ2n) is 8.76. The van der Waals surface area contributed by atoms with E-state index in [2.05, 4.69) is 15.5 Å². The molecule has 1 N–H and O–H groups in total. The van der Waals surface area contributed by atoms with Gasteiger partial charge in [0.1, 0.15) is 17.8 Å². The van der Waals surface area contributed by atoms with Gasteiger partial charge in [-0.15, -0.1) is 0 Å². The number of benzene rings is 1. The van der Waals surface area contributed by atoms with Gasteiger partial charge in [0.25, 0.3) is 5.91 Å². The van der Waals surface area contributed by atoms with Crippen LogP contribution in [0.2, 0.25) is 0 Å². The third-order valence-electron chi connectivity index (χ3n) is 6.68. The Morgan fingerprint density at radius 2 is 1.97 bits per heavy atom. The Balaban J connectivity index is 1.58. The van der Waals surface area contributed by atoms with Gasteiger partial charge in [0, 0.05) is 49.6 Å². The van der Waals surface area contributed by atoms with E-state index in [1.54, 1.807) is 42.5 Å². The average molecular weight is 459 g/mol. The largest absolute Gasteiger partial charge is 0.364 e. The first kappa shape index (κ1) is 21.8. The van der Waals surface area contributed by atoms with Crippen molar-refractivity contribution in [2.75, 3.05) is 12.4 Å². The van der Waals surface area contributed by atoms with Gasteiger partial charge >= 0.3 is 0 Å². The van der Waals surface area contributed by atoms with Gasteiger partial charge in [-0.2, -0.15) is 0 Å².